The maximum absolute atomic E-state index is 12.3. The number of ether oxygens (including phenoxy) is 2. The number of carbonyl (C=O) groups excluding carboxylic acids is 1. The summed E-state index contributed by atoms with van der Waals surface area (Å²) in [4.78, 5) is 24.5. The van der Waals surface area contributed by atoms with Gasteiger partial charge in [-0.3, -0.25) is 9.59 Å². The minimum Gasteiger partial charge on any atom is -0.497 e. The van der Waals surface area contributed by atoms with E-state index in [0.29, 0.717) is 17.1 Å². The molecule has 1 atom stereocenters. The van der Waals surface area contributed by atoms with Gasteiger partial charge in [-0.1, -0.05) is 6.92 Å². The van der Waals surface area contributed by atoms with Gasteiger partial charge in [-0.05, 0) is 18.2 Å². The first-order valence-electron chi connectivity index (χ1n) is 6.11. The summed E-state index contributed by atoms with van der Waals surface area (Å²) in [7, 11) is 4.53. The maximum atomic E-state index is 12.3. The molecule has 0 aliphatic rings. The van der Waals surface area contributed by atoms with E-state index in [9.17, 15) is 9.59 Å². The van der Waals surface area contributed by atoms with Crippen LogP contribution in [0.4, 0.5) is 0 Å². The highest BCUT2D eigenvalue weighted by molar-refractivity contribution is 5.97. The molecule has 6 nitrogen and oxygen atoms in total. The average molecular weight is 281 g/mol. The van der Waals surface area contributed by atoms with Gasteiger partial charge in [0.05, 0.1) is 25.7 Å². The molecule has 1 amide bonds. The highest BCUT2D eigenvalue weighted by Gasteiger charge is 2.21. The number of carboxylic acid groups (broad SMARTS) is 1. The third-order valence-electron chi connectivity index (χ3n) is 2.95. The van der Waals surface area contributed by atoms with Gasteiger partial charge in [0.2, 0.25) is 0 Å². The van der Waals surface area contributed by atoms with Crippen LogP contribution in [0.15, 0.2) is 18.2 Å². The van der Waals surface area contributed by atoms with Gasteiger partial charge in [0.1, 0.15) is 11.5 Å². The Bertz CT molecular complexity index is 500. The molecule has 0 aliphatic carbocycles. The van der Waals surface area contributed by atoms with Crippen molar-refractivity contribution < 1.29 is 24.2 Å². The zero-order valence-corrected chi connectivity index (χ0v) is 12.0. The molecule has 1 unspecified atom stereocenters. The van der Waals surface area contributed by atoms with Crippen LogP contribution in [0.3, 0.4) is 0 Å². The molecule has 1 aromatic rings. The monoisotopic (exact) mass is 281 g/mol. The molecule has 0 saturated heterocycles. The van der Waals surface area contributed by atoms with Crippen molar-refractivity contribution in [2.45, 2.75) is 6.92 Å². The molecule has 1 aromatic carbocycles. The van der Waals surface area contributed by atoms with Crippen LogP contribution in [0.1, 0.15) is 17.3 Å². The third-order valence-corrected chi connectivity index (χ3v) is 2.95. The van der Waals surface area contributed by atoms with Gasteiger partial charge < -0.3 is 19.5 Å². The minimum atomic E-state index is -0.942. The van der Waals surface area contributed by atoms with Gasteiger partial charge in [0.25, 0.3) is 5.91 Å². The van der Waals surface area contributed by atoms with E-state index < -0.39 is 11.9 Å². The number of hydrogen-bond acceptors (Lipinski definition) is 4. The lowest BCUT2D eigenvalue weighted by Gasteiger charge is -2.21. The number of rotatable bonds is 6. The van der Waals surface area contributed by atoms with Crippen molar-refractivity contribution in [2.75, 3.05) is 27.8 Å². The first-order chi connectivity index (χ1) is 9.40. The Kier molecular flexibility index (Phi) is 5.37. The molecule has 0 saturated carbocycles. The van der Waals surface area contributed by atoms with Crippen molar-refractivity contribution in [3.63, 3.8) is 0 Å². The average Bonchev–Trinajstić information content (AvgIpc) is 2.45. The van der Waals surface area contributed by atoms with E-state index in [1.807, 2.05) is 0 Å². The number of benzene rings is 1. The fourth-order valence-electron chi connectivity index (χ4n) is 1.76. The second kappa shape index (κ2) is 6.79. The maximum Gasteiger partial charge on any atom is 0.308 e. The van der Waals surface area contributed by atoms with E-state index in [0.717, 1.165) is 0 Å². The first kappa shape index (κ1) is 15.8. The van der Waals surface area contributed by atoms with Crippen molar-refractivity contribution in [1.29, 1.82) is 0 Å². The van der Waals surface area contributed by atoms with Gasteiger partial charge in [0, 0.05) is 13.6 Å². The Morgan fingerprint density at radius 2 is 1.95 bits per heavy atom. The highest BCUT2D eigenvalue weighted by Crippen LogP contribution is 2.25. The van der Waals surface area contributed by atoms with E-state index in [2.05, 4.69) is 0 Å². The molecule has 0 bridgehead atoms. The lowest BCUT2D eigenvalue weighted by molar-refractivity contribution is -0.141. The SMILES string of the molecule is COc1ccc(OC)c(C(=O)N(C)CC(C)C(=O)O)c1. The second-order valence-corrected chi connectivity index (χ2v) is 4.49. The predicted octanol–water partition coefficient (Wildman–Crippen LogP) is 1.50. The van der Waals surface area contributed by atoms with Crippen LogP contribution in [-0.4, -0.2) is 49.7 Å². The summed E-state index contributed by atoms with van der Waals surface area (Å²) in [6, 6.07) is 4.90. The van der Waals surface area contributed by atoms with E-state index >= 15 is 0 Å². The molecular formula is C14H19NO5. The number of carboxylic acids is 1. The van der Waals surface area contributed by atoms with Gasteiger partial charge in [-0.15, -0.1) is 0 Å². The van der Waals surface area contributed by atoms with E-state index in [1.54, 1.807) is 32.2 Å². The molecule has 20 heavy (non-hydrogen) atoms. The minimum absolute atomic E-state index is 0.120. The Hall–Kier alpha value is -2.24. The standard InChI is InChI=1S/C14H19NO5/c1-9(14(17)18)8-15(2)13(16)11-7-10(19-3)5-6-12(11)20-4/h5-7,9H,8H2,1-4H3,(H,17,18). The Labute approximate surface area is 117 Å². The van der Waals surface area contributed by atoms with Crippen LogP contribution >= 0.6 is 0 Å². The summed E-state index contributed by atoms with van der Waals surface area (Å²) in [6.07, 6.45) is 0. The molecule has 0 aromatic heterocycles. The Balaban J connectivity index is 2.98. The van der Waals surface area contributed by atoms with E-state index in [4.69, 9.17) is 14.6 Å². The van der Waals surface area contributed by atoms with Gasteiger partial charge in [-0.25, -0.2) is 0 Å². The second-order valence-electron chi connectivity index (χ2n) is 4.49. The summed E-state index contributed by atoms with van der Waals surface area (Å²) in [5.74, 6) is -0.934. The number of aliphatic carboxylic acids is 1. The zero-order chi connectivity index (χ0) is 15.3. The van der Waals surface area contributed by atoms with Crippen LogP contribution in [0.5, 0.6) is 11.5 Å². The molecule has 0 heterocycles. The molecule has 0 aliphatic heterocycles. The van der Waals surface area contributed by atoms with Crippen molar-refractivity contribution in [2.24, 2.45) is 5.92 Å². The largest absolute Gasteiger partial charge is 0.497 e. The van der Waals surface area contributed by atoms with E-state index in [-0.39, 0.29) is 12.5 Å². The van der Waals surface area contributed by atoms with Crippen LogP contribution in [-0.2, 0) is 4.79 Å². The molecule has 0 spiro atoms. The molecule has 1 N–H and O–H groups in total. The van der Waals surface area contributed by atoms with Crippen LogP contribution in [0, 0.1) is 5.92 Å². The lowest BCUT2D eigenvalue weighted by atomic mass is 10.1. The van der Waals surface area contributed by atoms with Crippen molar-refractivity contribution in [3.8, 4) is 11.5 Å². The smallest absolute Gasteiger partial charge is 0.308 e. The van der Waals surface area contributed by atoms with Crippen molar-refractivity contribution in [1.82, 2.24) is 4.90 Å². The predicted molar refractivity (Wildman–Crippen MR) is 73.3 cm³/mol. The number of nitrogens with zero attached hydrogens (tertiary/aromatic N) is 1. The molecule has 0 fully saturated rings. The molecule has 6 heteroatoms. The molecule has 110 valence electrons. The van der Waals surface area contributed by atoms with Gasteiger partial charge >= 0.3 is 5.97 Å². The summed E-state index contributed by atoms with van der Waals surface area (Å²) in [5.41, 5.74) is 0.340. The fourth-order valence-corrected chi connectivity index (χ4v) is 1.76. The zero-order valence-electron chi connectivity index (χ0n) is 12.0. The quantitative estimate of drug-likeness (QED) is 0.855. The number of methoxy groups -OCH3 is 2. The van der Waals surface area contributed by atoms with E-state index in [1.165, 1.54) is 19.1 Å². The summed E-state index contributed by atoms with van der Waals surface area (Å²) in [6.45, 7) is 1.67. The first-order valence-corrected chi connectivity index (χ1v) is 6.11. The van der Waals surface area contributed by atoms with Crippen LogP contribution < -0.4 is 9.47 Å². The van der Waals surface area contributed by atoms with Crippen LogP contribution in [0.2, 0.25) is 0 Å². The van der Waals surface area contributed by atoms with Gasteiger partial charge in [0.15, 0.2) is 0 Å². The molecular weight excluding hydrogens is 262 g/mol. The van der Waals surface area contributed by atoms with Crippen molar-refractivity contribution in [3.05, 3.63) is 23.8 Å². The Morgan fingerprint density at radius 3 is 2.45 bits per heavy atom. The van der Waals surface area contributed by atoms with Crippen molar-refractivity contribution >= 4 is 11.9 Å². The molecule has 1 rings (SSSR count). The summed E-state index contributed by atoms with van der Waals surface area (Å²) >= 11 is 0. The summed E-state index contributed by atoms with van der Waals surface area (Å²) in [5, 5.41) is 8.88. The highest BCUT2D eigenvalue weighted by atomic mass is 16.5. The summed E-state index contributed by atoms with van der Waals surface area (Å²) < 4.78 is 10.2. The topological polar surface area (TPSA) is 76.1 Å². The number of amides is 1. The Morgan fingerprint density at radius 1 is 1.30 bits per heavy atom. The lowest BCUT2D eigenvalue weighted by Crippen LogP contribution is -2.33. The normalized spacial score (nSPS) is 11.6. The fraction of sp³-hybridized carbons (Fsp3) is 0.429. The van der Waals surface area contributed by atoms with Gasteiger partial charge in [-0.2, -0.15) is 0 Å². The van der Waals surface area contributed by atoms with Crippen LogP contribution in [0.25, 0.3) is 0 Å². The third kappa shape index (κ3) is 3.63. The molecule has 0 radical (unpaired) electrons. The number of carbonyl (C=O) groups is 2. The number of hydrogen-bond donors (Lipinski definition) is 1.